The zero-order valence-electron chi connectivity index (χ0n) is 16.7. The van der Waals surface area contributed by atoms with Crippen LogP contribution in [-0.2, 0) is 14.3 Å². The van der Waals surface area contributed by atoms with Crippen LogP contribution in [0.2, 0.25) is 0 Å². The Bertz CT molecular complexity index is 788. The van der Waals surface area contributed by atoms with Gasteiger partial charge in [-0.1, -0.05) is 0 Å². The maximum Gasteiger partial charge on any atom is 0.407 e. The molecule has 0 radical (unpaired) electrons. The largest absolute Gasteiger partial charge is 0.465 e. The Hall–Kier alpha value is -2.81. The Balaban J connectivity index is 1.67. The van der Waals surface area contributed by atoms with Crippen molar-refractivity contribution in [1.29, 1.82) is 0 Å². The van der Waals surface area contributed by atoms with E-state index in [-0.39, 0.29) is 17.2 Å². The van der Waals surface area contributed by atoms with Gasteiger partial charge in [-0.05, 0) is 42.9 Å². The Kier molecular flexibility index (Phi) is 6.26. The van der Waals surface area contributed by atoms with Gasteiger partial charge in [-0.25, -0.2) is 9.59 Å². The summed E-state index contributed by atoms with van der Waals surface area (Å²) in [6, 6.07) is 4.93. The van der Waals surface area contributed by atoms with Gasteiger partial charge in [0.25, 0.3) is 0 Å². The van der Waals surface area contributed by atoms with Crippen LogP contribution in [-0.4, -0.2) is 68.4 Å². The molecule has 0 bridgehead atoms. The van der Waals surface area contributed by atoms with Crippen LogP contribution in [0.25, 0.3) is 0 Å². The maximum atomic E-state index is 12.8. The van der Waals surface area contributed by atoms with E-state index in [2.05, 4.69) is 10.6 Å². The van der Waals surface area contributed by atoms with Gasteiger partial charge in [0, 0.05) is 32.7 Å². The third-order valence-electron chi connectivity index (χ3n) is 5.86. The molecule has 3 rings (SSSR count). The Morgan fingerprint density at radius 3 is 2.55 bits per heavy atom. The van der Waals surface area contributed by atoms with Crippen LogP contribution in [0.3, 0.4) is 0 Å². The lowest BCUT2D eigenvalue weighted by Gasteiger charge is -2.30. The predicted molar refractivity (Wildman–Crippen MR) is 106 cm³/mol. The molecule has 1 aromatic rings. The number of amides is 2. The van der Waals surface area contributed by atoms with E-state index in [9.17, 15) is 14.4 Å². The SMILES string of the molecule is COCCNc1cc(C(=O)OC)ccc1NC(=O)C1CC12CCN(C(=O)O)CC2. The topological polar surface area (TPSA) is 117 Å². The third kappa shape index (κ3) is 4.61. The van der Waals surface area contributed by atoms with Crippen molar-refractivity contribution in [2.45, 2.75) is 19.3 Å². The summed E-state index contributed by atoms with van der Waals surface area (Å²) >= 11 is 0. The average Bonchev–Trinajstić information content (AvgIpc) is 3.42. The number of benzene rings is 1. The third-order valence-corrected chi connectivity index (χ3v) is 5.86. The Morgan fingerprint density at radius 1 is 1.21 bits per heavy atom. The van der Waals surface area contributed by atoms with E-state index in [4.69, 9.17) is 14.6 Å². The highest BCUT2D eigenvalue weighted by Crippen LogP contribution is 2.59. The number of ether oxygens (including phenoxy) is 2. The number of methoxy groups -OCH3 is 2. The van der Waals surface area contributed by atoms with E-state index in [0.29, 0.717) is 56.0 Å². The Labute approximate surface area is 169 Å². The van der Waals surface area contributed by atoms with Crippen LogP contribution in [0.4, 0.5) is 16.2 Å². The van der Waals surface area contributed by atoms with Crippen molar-refractivity contribution < 1.29 is 29.0 Å². The summed E-state index contributed by atoms with van der Waals surface area (Å²) in [6.07, 6.45) is 1.28. The second kappa shape index (κ2) is 8.69. The molecule has 0 aromatic heterocycles. The molecule has 158 valence electrons. The molecule has 1 aliphatic heterocycles. The molecule has 1 aliphatic carbocycles. The van der Waals surface area contributed by atoms with E-state index in [1.54, 1.807) is 25.3 Å². The lowest BCUT2D eigenvalue weighted by Crippen LogP contribution is -2.39. The van der Waals surface area contributed by atoms with Gasteiger partial charge in [0.1, 0.15) is 0 Å². The quantitative estimate of drug-likeness (QED) is 0.470. The molecular weight excluding hydrogens is 378 g/mol. The first-order chi connectivity index (χ1) is 13.9. The van der Waals surface area contributed by atoms with Gasteiger partial charge in [-0.3, -0.25) is 4.79 Å². The van der Waals surface area contributed by atoms with Crippen LogP contribution < -0.4 is 10.6 Å². The number of nitrogens with one attached hydrogen (secondary N) is 2. The lowest BCUT2D eigenvalue weighted by atomic mass is 9.91. The van der Waals surface area contributed by atoms with Crippen molar-refractivity contribution in [3.8, 4) is 0 Å². The molecule has 9 nitrogen and oxygen atoms in total. The van der Waals surface area contributed by atoms with Crippen molar-refractivity contribution in [3.63, 3.8) is 0 Å². The number of piperidine rings is 1. The molecule has 1 spiro atoms. The van der Waals surface area contributed by atoms with Crippen LogP contribution in [0.15, 0.2) is 18.2 Å². The first-order valence-electron chi connectivity index (χ1n) is 9.64. The van der Waals surface area contributed by atoms with Gasteiger partial charge in [0.05, 0.1) is 30.7 Å². The smallest absolute Gasteiger partial charge is 0.407 e. The summed E-state index contributed by atoms with van der Waals surface area (Å²) in [5, 5.41) is 15.2. The highest BCUT2D eigenvalue weighted by Gasteiger charge is 2.58. The molecule has 1 atom stereocenters. The summed E-state index contributed by atoms with van der Waals surface area (Å²) in [5.41, 5.74) is 1.50. The van der Waals surface area contributed by atoms with E-state index in [0.717, 1.165) is 6.42 Å². The zero-order valence-corrected chi connectivity index (χ0v) is 16.7. The van der Waals surface area contributed by atoms with Crippen LogP contribution in [0, 0.1) is 11.3 Å². The number of rotatable bonds is 7. The number of hydrogen-bond acceptors (Lipinski definition) is 6. The lowest BCUT2D eigenvalue weighted by molar-refractivity contribution is -0.118. The van der Waals surface area contributed by atoms with E-state index >= 15 is 0 Å². The van der Waals surface area contributed by atoms with E-state index in [1.165, 1.54) is 12.0 Å². The molecule has 1 heterocycles. The molecule has 2 fully saturated rings. The van der Waals surface area contributed by atoms with Crippen molar-refractivity contribution in [2.24, 2.45) is 11.3 Å². The molecule has 1 saturated carbocycles. The molecule has 1 aromatic carbocycles. The fraction of sp³-hybridized carbons (Fsp3) is 0.550. The number of hydrogen-bond donors (Lipinski definition) is 3. The van der Waals surface area contributed by atoms with Crippen molar-refractivity contribution >= 4 is 29.3 Å². The fourth-order valence-corrected chi connectivity index (χ4v) is 3.97. The molecular formula is C20H27N3O6. The van der Waals surface area contributed by atoms with Crippen LogP contribution in [0.5, 0.6) is 0 Å². The summed E-state index contributed by atoms with van der Waals surface area (Å²) in [4.78, 5) is 37.1. The fourth-order valence-electron chi connectivity index (χ4n) is 3.97. The standard InChI is InChI=1S/C20H27N3O6/c1-28-10-7-21-16-11-13(18(25)29-2)3-4-15(16)22-17(24)14-12-20(14)5-8-23(9-6-20)19(26)27/h3-4,11,14,21H,5-10,12H2,1-2H3,(H,22,24)(H,26,27). The number of carbonyl (C=O) groups is 3. The minimum atomic E-state index is -0.904. The number of anilines is 2. The van der Waals surface area contributed by atoms with Gasteiger partial charge < -0.3 is 30.1 Å². The molecule has 3 N–H and O–H groups in total. The van der Waals surface area contributed by atoms with Crippen molar-refractivity contribution in [3.05, 3.63) is 23.8 Å². The minimum absolute atomic E-state index is 0.0746. The number of likely N-dealkylation sites (tertiary alicyclic amines) is 1. The van der Waals surface area contributed by atoms with Gasteiger partial charge in [0.2, 0.25) is 5.91 Å². The molecule has 29 heavy (non-hydrogen) atoms. The summed E-state index contributed by atoms with van der Waals surface area (Å²) in [5.74, 6) is -0.649. The minimum Gasteiger partial charge on any atom is -0.465 e. The summed E-state index contributed by atoms with van der Waals surface area (Å²) < 4.78 is 9.81. The van der Waals surface area contributed by atoms with Gasteiger partial charge in [-0.2, -0.15) is 0 Å². The highest BCUT2D eigenvalue weighted by molar-refractivity contribution is 5.99. The zero-order chi connectivity index (χ0) is 21.0. The number of esters is 1. The van der Waals surface area contributed by atoms with E-state index < -0.39 is 12.1 Å². The number of carbonyl (C=O) groups excluding carboxylic acids is 2. The highest BCUT2D eigenvalue weighted by atomic mass is 16.5. The van der Waals surface area contributed by atoms with Crippen molar-refractivity contribution in [2.75, 3.05) is 51.1 Å². The molecule has 1 unspecified atom stereocenters. The molecule has 9 heteroatoms. The predicted octanol–water partition coefficient (Wildman–Crippen LogP) is 2.25. The van der Waals surface area contributed by atoms with Gasteiger partial charge in [-0.15, -0.1) is 0 Å². The van der Waals surface area contributed by atoms with E-state index in [1.807, 2.05) is 0 Å². The molecule has 1 saturated heterocycles. The summed E-state index contributed by atoms with van der Waals surface area (Å²) in [6.45, 7) is 1.93. The Morgan fingerprint density at radius 2 is 1.93 bits per heavy atom. The molecule has 2 aliphatic rings. The van der Waals surface area contributed by atoms with Crippen molar-refractivity contribution in [1.82, 2.24) is 4.90 Å². The second-order valence-corrected chi connectivity index (χ2v) is 7.55. The number of carboxylic acid groups (broad SMARTS) is 1. The van der Waals surface area contributed by atoms with Gasteiger partial charge >= 0.3 is 12.1 Å². The van der Waals surface area contributed by atoms with Crippen LogP contribution >= 0.6 is 0 Å². The summed E-state index contributed by atoms with van der Waals surface area (Å²) in [7, 11) is 2.91. The number of nitrogens with zero attached hydrogens (tertiary/aromatic N) is 1. The first-order valence-corrected chi connectivity index (χ1v) is 9.64. The van der Waals surface area contributed by atoms with Crippen LogP contribution in [0.1, 0.15) is 29.6 Å². The second-order valence-electron chi connectivity index (χ2n) is 7.55. The monoisotopic (exact) mass is 405 g/mol. The normalized spacial score (nSPS) is 19.5. The average molecular weight is 405 g/mol. The first kappa shape index (κ1) is 20.9. The molecule has 2 amide bonds. The van der Waals surface area contributed by atoms with Gasteiger partial charge in [0.15, 0.2) is 0 Å². The maximum absolute atomic E-state index is 12.8.